The van der Waals surface area contributed by atoms with Crippen LogP contribution in [0.2, 0.25) is 0 Å². The van der Waals surface area contributed by atoms with E-state index < -0.39 is 0 Å². The molecule has 0 radical (unpaired) electrons. The Balaban J connectivity index is 1.98. The van der Waals surface area contributed by atoms with E-state index in [0.717, 1.165) is 12.8 Å². The van der Waals surface area contributed by atoms with E-state index in [2.05, 4.69) is 17.6 Å². The molecular formula is C13H22N2O2. The van der Waals surface area contributed by atoms with Crippen LogP contribution < -0.4 is 10.6 Å². The third kappa shape index (κ3) is 5.52. The second-order valence-electron chi connectivity index (χ2n) is 4.57. The smallest absolute Gasteiger partial charge is 0.223 e. The van der Waals surface area contributed by atoms with Gasteiger partial charge in [-0.1, -0.05) is 19.1 Å². The highest BCUT2D eigenvalue weighted by molar-refractivity contribution is 5.82. The van der Waals surface area contributed by atoms with E-state index in [1.165, 1.54) is 0 Å². The van der Waals surface area contributed by atoms with Gasteiger partial charge in [-0.05, 0) is 25.7 Å². The van der Waals surface area contributed by atoms with Gasteiger partial charge in [-0.15, -0.1) is 0 Å². The maximum Gasteiger partial charge on any atom is 0.223 e. The molecule has 1 fully saturated rings. The van der Waals surface area contributed by atoms with Crippen LogP contribution in [0.4, 0.5) is 0 Å². The Bertz CT molecular complexity index is 300. The van der Waals surface area contributed by atoms with Crippen LogP contribution in [-0.4, -0.2) is 24.9 Å². The molecule has 0 heterocycles. The molecule has 0 aromatic heterocycles. The largest absolute Gasteiger partial charge is 0.356 e. The van der Waals surface area contributed by atoms with Crippen molar-refractivity contribution in [3.05, 3.63) is 12.2 Å². The van der Waals surface area contributed by atoms with Gasteiger partial charge in [0.15, 0.2) is 0 Å². The number of amides is 2. The predicted octanol–water partition coefficient (Wildman–Crippen LogP) is 1.23. The van der Waals surface area contributed by atoms with Gasteiger partial charge in [0, 0.05) is 25.4 Å². The molecule has 1 saturated carbocycles. The monoisotopic (exact) mass is 238 g/mol. The summed E-state index contributed by atoms with van der Waals surface area (Å²) in [4.78, 5) is 22.8. The number of hydrogen-bond acceptors (Lipinski definition) is 2. The highest BCUT2D eigenvalue weighted by Crippen LogP contribution is 2.37. The molecule has 0 aromatic rings. The molecule has 1 aliphatic carbocycles. The van der Waals surface area contributed by atoms with E-state index in [1.54, 1.807) is 0 Å². The third-order valence-electron chi connectivity index (χ3n) is 2.97. The van der Waals surface area contributed by atoms with E-state index >= 15 is 0 Å². The minimum Gasteiger partial charge on any atom is -0.356 e. The topological polar surface area (TPSA) is 58.2 Å². The lowest BCUT2D eigenvalue weighted by Crippen LogP contribution is -2.32. The van der Waals surface area contributed by atoms with Crippen molar-refractivity contribution >= 4 is 11.8 Å². The minimum absolute atomic E-state index is 0.00125. The molecule has 0 aromatic carbocycles. The SMILES string of the molecule is C/C=C/CCNC(=O)CCNC(=O)C1CC1C. The fraction of sp³-hybridized carbons (Fsp3) is 0.692. The summed E-state index contributed by atoms with van der Waals surface area (Å²) in [5.74, 6) is 0.801. The summed E-state index contributed by atoms with van der Waals surface area (Å²) in [5, 5.41) is 5.60. The molecule has 0 bridgehead atoms. The number of hydrogen-bond donors (Lipinski definition) is 2. The minimum atomic E-state index is -0.00125. The fourth-order valence-corrected chi connectivity index (χ4v) is 1.67. The Morgan fingerprint density at radius 3 is 2.59 bits per heavy atom. The van der Waals surface area contributed by atoms with Crippen molar-refractivity contribution < 1.29 is 9.59 Å². The molecule has 4 nitrogen and oxygen atoms in total. The second-order valence-corrected chi connectivity index (χ2v) is 4.57. The fourth-order valence-electron chi connectivity index (χ4n) is 1.67. The van der Waals surface area contributed by atoms with E-state index in [1.807, 2.05) is 19.1 Å². The molecule has 2 unspecified atom stereocenters. The molecular weight excluding hydrogens is 216 g/mol. The highest BCUT2D eigenvalue weighted by atomic mass is 16.2. The summed E-state index contributed by atoms with van der Waals surface area (Å²) >= 11 is 0. The van der Waals surface area contributed by atoms with Crippen LogP contribution in [0.5, 0.6) is 0 Å². The van der Waals surface area contributed by atoms with Gasteiger partial charge in [0.25, 0.3) is 0 Å². The zero-order valence-corrected chi connectivity index (χ0v) is 10.7. The summed E-state index contributed by atoms with van der Waals surface area (Å²) in [6, 6.07) is 0. The van der Waals surface area contributed by atoms with Crippen LogP contribution in [0.1, 0.15) is 33.1 Å². The van der Waals surface area contributed by atoms with Crippen LogP contribution >= 0.6 is 0 Å². The first-order valence-corrected chi connectivity index (χ1v) is 6.30. The van der Waals surface area contributed by atoms with Crippen molar-refractivity contribution in [3.63, 3.8) is 0 Å². The molecule has 2 N–H and O–H groups in total. The third-order valence-corrected chi connectivity index (χ3v) is 2.97. The summed E-state index contributed by atoms with van der Waals surface area (Å²) in [6.07, 6.45) is 6.18. The second kappa shape index (κ2) is 7.09. The first-order chi connectivity index (χ1) is 8.15. The Hall–Kier alpha value is -1.32. The summed E-state index contributed by atoms with van der Waals surface area (Å²) in [7, 11) is 0. The van der Waals surface area contributed by atoms with Crippen molar-refractivity contribution in [1.29, 1.82) is 0 Å². The van der Waals surface area contributed by atoms with Gasteiger partial charge in [-0.25, -0.2) is 0 Å². The van der Waals surface area contributed by atoms with Gasteiger partial charge in [-0.2, -0.15) is 0 Å². The number of nitrogens with one attached hydrogen (secondary N) is 2. The zero-order valence-electron chi connectivity index (χ0n) is 10.7. The first-order valence-electron chi connectivity index (χ1n) is 6.30. The molecule has 2 atom stereocenters. The van der Waals surface area contributed by atoms with Crippen LogP contribution in [0.3, 0.4) is 0 Å². The maximum absolute atomic E-state index is 11.4. The van der Waals surface area contributed by atoms with Crippen molar-refractivity contribution in [3.8, 4) is 0 Å². The molecule has 1 aliphatic rings. The molecule has 4 heteroatoms. The molecule has 0 aliphatic heterocycles. The van der Waals surface area contributed by atoms with Gasteiger partial charge in [0.2, 0.25) is 11.8 Å². The maximum atomic E-state index is 11.4. The Morgan fingerprint density at radius 1 is 1.29 bits per heavy atom. The average Bonchev–Trinajstić information content (AvgIpc) is 3.02. The quantitative estimate of drug-likeness (QED) is 0.518. The van der Waals surface area contributed by atoms with Crippen molar-refractivity contribution in [2.45, 2.75) is 33.1 Å². The predicted molar refractivity (Wildman–Crippen MR) is 67.3 cm³/mol. The van der Waals surface area contributed by atoms with Gasteiger partial charge in [0.1, 0.15) is 0 Å². The van der Waals surface area contributed by atoms with E-state index in [-0.39, 0.29) is 17.7 Å². The van der Waals surface area contributed by atoms with Crippen molar-refractivity contribution in [2.75, 3.05) is 13.1 Å². The van der Waals surface area contributed by atoms with Crippen LogP contribution in [0.15, 0.2) is 12.2 Å². The normalized spacial score (nSPS) is 22.5. The summed E-state index contributed by atoms with van der Waals surface area (Å²) < 4.78 is 0. The standard InChI is InChI=1S/C13H22N2O2/c1-3-4-5-7-14-12(16)6-8-15-13(17)11-9-10(11)2/h3-4,10-11H,5-9H2,1-2H3,(H,14,16)(H,15,17)/b4-3+. The lowest BCUT2D eigenvalue weighted by Gasteiger charge is -2.05. The van der Waals surface area contributed by atoms with E-state index in [0.29, 0.717) is 25.4 Å². The van der Waals surface area contributed by atoms with Gasteiger partial charge in [0.05, 0.1) is 0 Å². The Labute approximate surface area is 103 Å². The molecule has 2 amide bonds. The number of carbonyl (C=O) groups excluding carboxylic acids is 2. The lowest BCUT2D eigenvalue weighted by atomic mass is 10.3. The van der Waals surface area contributed by atoms with Crippen LogP contribution in [0, 0.1) is 11.8 Å². The van der Waals surface area contributed by atoms with E-state index in [9.17, 15) is 9.59 Å². The number of carbonyl (C=O) groups is 2. The van der Waals surface area contributed by atoms with Gasteiger partial charge in [-0.3, -0.25) is 9.59 Å². The number of allylic oxidation sites excluding steroid dienone is 1. The average molecular weight is 238 g/mol. The molecule has 1 rings (SSSR count). The van der Waals surface area contributed by atoms with E-state index in [4.69, 9.17) is 0 Å². The van der Waals surface area contributed by atoms with Gasteiger partial charge >= 0.3 is 0 Å². The Morgan fingerprint density at radius 2 is 2.00 bits per heavy atom. The Kier molecular flexibility index (Phi) is 5.73. The van der Waals surface area contributed by atoms with Gasteiger partial charge < -0.3 is 10.6 Å². The summed E-state index contributed by atoms with van der Waals surface area (Å²) in [6.45, 7) is 5.13. The first kappa shape index (κ1) is 13.7. The zero-order chi connectivity index (χ0) is 12.7. The lowest BCUT2D eigenvalue weighted by molar-refractivity contribution is -0.123. The number of rotatable bonds is 7. The molecule has 0 spiro atoms. The molecule has 17 heavy (non-hydrogen) atoms. The van der Waals surface area contributed by atoms with Crippen molar-refractivity contribution in [1.82, 2.24) is 10.6 Å². The van der Waals surface area contributed by atoms with Crippen molar-refractivity contribution in [2.24, 2.45) is 11.8 Å². The molecule has 96 valence electrons. The molecule has 0 saturated heterocycles. The summed E-state index contributed by atoms with van der Waals surface area (Å²) in [5.41, 5.74) is 0. The highest BCUT2D eigenvalue weighted by Gasteiger charge is 2.38. The van der Waals surface area contributed by atoms with Crippen LogP contribution in [0.25, 0.3) is 0 Å². The van der Waals surface area contributed by atoms with Crippen LogP contribution in [-0.2, 0) is 9.59 Å².